The Morgan fingerprint density at radius 3 is 2.53 bits per heavy atom. The number of anilines is 2. The highest BCUT2D eigenvalue weighted by atomic mass is 16.5. The van der Waals surface area contributed by atoms with Crippen LogP contribution >= 0.6 is 0 Å². The first-order valence-corrected chi connectivity index (χ1v) is 11.2. The van der Waals surface area contributed by atoms with Gasteiger partial charge in [-0.15, -0.1) is 0 Å². The minimum Gasteiger partial charge on any atom is -0.492 e. The molecular formula is C25H31N3O4. The molecule has 170 valence electrons. The highest BCUT2D eigenvalue weighted by molar-refractivity contribution is 5.97. The molecule has 1 aliphatic heterocycles. The van der Waals surface area contributed by atoms with Crippen LogP contribution in [0.3, 0.4) is 0 Å². The average Bonchev–Trinajstić information content (AvgIpc) is 3.11. The molecule has 1 saturated heterocycles. The number of aromatic nitrogens is 1. The van der Waals surface area contributed by atoms with Gasteiger partial charge in [0.2, 0.25) is 5.91 Å². The fraction of sp³-hybridized carbons (Fsp3) is 0.400. The molecule has 0 unspecified atom stereocenters. The van der Waals surface area contributed by atoms with Crippen LogP contribution in [0.4, 0.5) is 11.4 Å². The fourth-order valence-corrected chi connectivity index (χ4v) is 4.18. The van der Waals surface area contributed by atoms with E-state index in [2.05, 4.69) is 16.3 Å². The van der Waals surface area contributed by atoms with E-state index < -0.39 is 0 Å². The summed E-state index contributed by atoms with van der Waals surface area (Å²) in [6.45, 7) is 7.87. The molecule has 0 saturated carbocycles. The van der Waals surface area contributed by atoms with Gasteiger partial charge in [-0.05, 0) is 25.5 Å². The van der Waals surface area contributed by atoms with Gasteiger partial charge in [0.15, 0.2) is 0 Å². The van der Waals surface area contributed by atoms with Crippen molar-refractivity contribution in [2.45, 2.75) is 20.3 Å². The lowest BCUT2D eigenvalue weighted by Gasteiger charge is -2.31. The van der Waals surface area contributed by atoms with Crippen LogP contribution in [0.1, 0.15) is 19.4 Å². The van der Waals surface area contributed by atoms with Gasteiger partial charge in [0.05, 0.1) is 44.2 Å². The normalized spacial score (nSPS) is 13.9. The molecule has 32 heavy (non-hydrogen) atoms. The van der Waals surface area contributed by atoms with Crippen LogP contribution < -0.4 is 19.7 Å². The second kappa shape index (κ2) is 9.96. The number of aryl methyl sites for hydroxylation is 1. The molecule has 4 rings (SSSR count). The molecule has 2 aromatic carbocycles. The first kappa shape index (κ1) is 22.0. The average molecular weight is 438 g/mol. The highest BCUT2D eigenvalue weighted by Gasteiger charge is 2.21. The predicted molar refractivity (Wildman–Crippen MR) is 127 cm³/mol. The lowest BCUT2D eigenvalue weighted by Crippen LogP contribution is -2.36. The zero-order chi connectivity index (χ0) is 22.5. The van der Waals surface area contributed by atoms with Gasteiger partial charge in [-0.25, -0.2) is 0 Å². The van der Waals surface area contributed by atoms with Crippen LogP contribution in [-0.4, -0.2) is 50.0 Å². The van der Waals surface area contributed by atoms with Crippen molar-refractivity contribution in [3.8, 4) is 11.5 Å². The van der Waals surface area contributed by atoms with Crippen LogP contribution in [0.25, 0.3) is 10.9 Å². The van der Waals surface area contributed by atoms with Gasteiger partial charge in [-0.3, -0.25) is 4.79 Å². The lowest BCUT2D eigenvalue weighted by molar-refractivity contribution is -0.115. The summed E-state index contributed by atoms with van der Waals surface area (Å²) < 4.78 is 19.4. The van der Waals surface area contributed by atoms with Crippen molar-refractivity contribution in [2.75, 3.05) is 49.7 Å². The van der Waals surface area contributed by atoms with E-state index in [1.807, 2.05) is 62.0 Å². The van der Waals surface area contributed by atoms with E-state index in [1.165, 1.54) is 0 Å². The Hall–Kier alpha value is -3.19. The molecule has 0 atom stereocenters. The van der Waals surface area contributed by atoms with E-state index in [-0.39, 0.29) is 12.3 Å². The molecule has 1 N–H and O–H groups in total. The number of rotatable bonds is 8. The minimum absolute atomic E-state index is 0.0936. The van der Waals surface area contributed by atoms with Crippen LogP contribution in [0.2, 0.25) is 0 Å². The number of carbonyl (C=O) groups excluding carboxylic acids is 1. The molecule has 7 heteroatoms. The van der Waals surface area contributed by atoms with Crippen molar-refractivity contribution in [1.29, 1.82) is 0 Å². The number of morpholine rings is 1. The summed E-state index contributed by atoms with van der Waals surface area (Å²) in [7, 11) is 2.00. The molecular weight excluding hydrogens is 406 g/mol. The van der Waals surface area contributed by atoms with E-state index in [1.54, 1.807) is 0 Å². The molecule has 7 nitrogen and oxygen atoms in total. The maximum atomic E-state index is 13.0. The Morgan fingerprint density at radius 1 is 1.06 bits per heavy atom. The maximum absolute atomic E-state index is 13.0. The fourth-order valence-electron chi connectivity index (χ4n) is 4.18. The number of amides is 1. The van der Waals surface area contributed by atoms with E-state index >= 15 is 0 Å². The first-order valence-electron chi connectivity index (χ1n) is 11.2. The minimum atomic E-state index is -0.0936. The van der Waals surface area contributed by atoms with Gasteiger partial charge in [0, 0.05) is 49.4 Å². The number of para-hydroxylation sites is 1. The van der Waals surface area contributed by atoms with Gasteiger partial charge >= 0.3 is 0 Å². The smallest absolute Gasteiger partial charge is 0.228 e. The second-order valence-corrected chi connectivity index (χ2v) is 7.79. The molecule has 0 radical (unpaired) electrons. The summed E-state index contributed by atoms with van der Waals surface area (Å²) in [4.78, 5) is 15.2. The number of nitrogens with zero attached hydrogens (tertiary/aromatic N) is 2. The summed E-state index contributed by atoms with van der Waals surface area (Å²) >= 11 is 0. The topological polar surface area (TPSA) is 65.0 Å². The molecule has 1 aliphatic rings. The van der Waals surface area contributed by atoms with E-state index in [0.717, 1.165) is 41.0 Å². The lowest BCUT2D eigenvalue weighted by atomic mass is 10.1. The van der Waals surface area contributed by atoms with Crippen molar-refractivity contribution in [1.82, 2.24) is 4.57 Å². The van der Waals surface area contributed by atoms with Gasteiger partial charge in [-0.1, -0.05) is 18.2 Å². The zero-order valence-corrected chi connectivity index (χ0v) is 19.0. The maximum Gasteiger partial charge on any atom is 0.228 e. The Balaban J connectivity index is 1.61. The summed E-state index contributed by atoms with van der Waals surface area (Å²) in [5, 5.41) is 4.14. The molecule has 3 aromatic rings. The van der Waals surface area contributed by atoms with E-state index in [0.29, 0.717) is 37.9 Å². The summed E-state index contributed by atoms with van der Waals surface area (Å²) in [6.07, 6.45) is 2.29. The van der Waals surface area contributed by atoms with Gasteiger partial charge in [0.1, 0.15) is 11.5 Å². The molecule has 2 heterocycles. The summed E-state index contributed by atoms with van der Waals surface area (Å²) in [5.41, 5.74) is 3.69. The van der Waals surface area contributed by atoms with Crippen molar-refractivity contribution in [2.24, 2.45) is 7.05 Å². The zero-order valence-electron chi connectivity index (χ0n) is 19.0. The van der Waals surface area contributed by atoms with E-state index in [9.17, 15) is 4.79 Å². The monoisotopic (exact) mass is 437 g/mol. The van der Waals surface area contributed by atoms with Gasteiger partial charge in [-0.2, -0.15) is 0 Å². The molecule has 0 aliphatic carbocycles. The van der Waals surface area contributed by atoms with E-state index in [4.69, 9.17) is 14.2 Å². The number of ether oxygens (including phenoxy) is 3. The molecule has 0 spiro atoms. The third-order valence-corrected chi connectivity index (χ3v) is 5.62. The van der Waals surface area contributed by atoms with Crippen molar-refractivity contribution in [3.63, 3.8) is 0 Å². The summed E-state index contributed by atoms with van der Waals surface area (Å²) in [6, 6.07) is 12.0. The number of carbonyl (C=O) groups is 1. The number of benzene rings is 2. The first-order chi connectivity index (χ1) is 15.6. The largest absolute Gasteiger partial charge is 0.492 e. The Kier molecular flexibility index (Phi) is 6.85. The highest BCUT2D eigenvalue weighted by Crippen LogP contribution is 2.39. The third-order valence-electron chi connectivity index (χ3n) is 5.62. The molecule has 1 fully saturated rings. The quantitative estimate of drug-likeness (QED) is 0.577. The molecule has 1 aromatic heterocycles. The van der Waals surface area contributed by atoms with Crippen LogP contribution in [-0.2, 0) is 23.0 Å². The molecule has 0 bridgehead atoms. The Labute approximate surface area is 188 Å². The van der Waals surface area contributed by atoms with Crippen molar-refractivity contribution < 1.29 is 19.0 Å². The number of hydrogen-bond acceptors (Lipinski definition) is 5. The predicted octanol–water partition coefficient (Wildman–Crippen LogP) is 3.99. The van der Waals surface area contributed by atoms with Gasteiger partial charge in [0.25, 0.3) is 0 Å². The SMILES string of the molecule is CCOc1cc(N2CCOCC2)c(OCC)cc1NC(=O)Cc1cn(C)c2ccccc12. The second-order valence-electron chi connectivity index (χ2n) is 7.79. The van der Waals surface area contributed by atoms with Crippen LogP contribution in [0, 0.1) is 0 Å². The number of nitrogens with one attached hydrogen (secondary N) is 1. The summed E-state index contributed by atoms with van der Waals surface area (Å²) in [5.74, 6) is 1.28. The number of hydrogen-bond donors (Lipinski definition) is 1. The Bertz CT molecular complexity index is 1090. The van der Waals surface area contributed by atoms with Crippen LogP contribution in [0.5, 0.6) is 11.5 Å². The van der Waals surface area contributed by atoms with Crippen molar-refractivity contribution >= 4 is 28.2 Å². The van der Waals surface area contributed by atoms with Crippen LogP contribution in [0.15, 0.2) is 42.6 Å². The third kappa shape index (κ3) is 4.67. The standard InChI is InChI=1S/C25H31N3O4/c1-4-31-23-16-22(28-10-12-30-13-11-28)24(32-5-2)15-20(23)26-25(29)14-18-17-27(3)21-9-7-6-8-19(18)21/h6-9,15-17H,4-5,10-14H2,1-3H3,(H,26,29). The van der Waals surface area contributed by atoms with Gasteiger partial charge < -0.3 is 29.0 Å². The Morgan fingerprint density at radius 2 is 1.78 bits per heavy atom. The van der Waals surface area contributed by atoms with Crippen molar-refractivity contribution in [3.05, 3.63) is 48.2 Å². The molecule has 1 amide bonds. The number of fused-ring (bicyclic) bond motifs is 1.